The molecule has 2 amide bonds. The lowest BCUT2D eigenvalue weighted by Crippen LogP contribution is -2.17. The Hall–Kier alpha value is -3.80. The molecule has 0 unspecified atom stereocenters. The van der Waals surface area contributed by atoms with Crippen molar-refractivity contribution < 1.29 is 9.59 Å². The van der Waals surface area contributed by atoms with Crippen molar-refractivity contribution in [1.82, 2.24) is 10.9 Å². The van der Waals surface area contributed by atoms with E-state index in [9.17, 15) is 9.59 Å². The fourth-order valence-corrected chi connectivity index (χ4v) is 3.15. The lowest BCUT2D eigenvalue weighted by atomic mass is 10.1. The van der Waals surface area contributed by atoms with Gasteiger partial charge in [0.1, 0.15) is 0 Å². The molecule has 0 aliphatic carbocycles. The van der Waals surface area contributed by atoms with Crippen molar-refractivity contribution in [3.8, 4) is 0 Å². The van der Waals surface area contributed by atoms with E-state index in [1.54, 1.807) is 12.4 Å². The molecular weight excluding hydrogens is 424 g/mol. The minimum absolute atomic E-state index is 0.102. The molecule has 0 bridgehead atoms. The summed E-state index contributed by atoms with van der Waals surface area (Å²) in [4.78, 5) is 23.8. The Bertz CT molecular complexity index is 926. The van der Waals surface area contributed by atoms with Gasteiger partial charge in [-0.1, -0.05) is 85.7 Å². The van der Waals surface area contributed by atoms with E-state index in [1.807, 2.05) is 86.7 Å². The average molecular weight is 459 g/mol. The first-order valence-electron chi connectivity index (χ1n) is 11.6. The van der Waals surface area contributed by atoms with Gasteiger partial charge in [0.15, 0.2) is 0 Å². The van der Waals surface area contributed by atoms with Gasteiger partial charge < -0.3 is 0 Å². The first-order valence-corrected chi connectivity index (χ1v) is 11.6. The molecule has 2 rings (SSSR count). The molecule has 34 heavy (non-hydrogen) atoms. The molecular formula is C28H34N4O2. The lowest BCUT2D eigenvalue weighted by Gasteiger charge is -2.02. The second-order valence-electron chi connectivity index (χ2n) is 8.10. The number of nitrogens with zero attached hydrogens (tertiary/aromatic N) is 2. The van der Waals surface area contributed by atoms with Crippen molar-refractivity contribution in [3.05, 3.63) is 82.9 Å². The van der Waals surface area contributed by atoms with Gasteiger partial charge in [0.2, 0.25) is 11.8 Å². The highest BCUT2D eigenvalue weighted by atomic mass is 16.2. The SMILES string of the molecule is CC(C=NNC(=O)CCCCCCC(=O)NN=CC(C)=Cc1ccccc1)=Cc1ccccc1. The summed E-state index contributed by atoms with van der Waals surface area (Å²) in [6, 6.07) is 19.9. The number of amides is 2. The zero-order valence-electron chi connectivity index (χ0n) is 20.0. The van der Waals surface area contributed by atoms with Crippen LogP contribution in [0.5, 0.6) is 0 Å². The minimum atomic E-state index is -0.102. The molecule has 0 aliphatic heterocycles. The number of allylic oxidation sites excluding steroid dienone is 2. The molecule has 0 heterocycles. The molecule has 0 saturated heterocycles. The molecule has 6 heteroatoms. The van der Waals surface area contributed by atoms with E-state index < -0.39 is 0 Å². The number of unbranched alkanes of at least 4 members (excludes halogenated alkanes) is 3. The number of rotatable bonds is 13. The zero-order chi connectivity index (χ0) is 24.4. The molecule has 0 spiro atoms. The maximum Gasteiger partial charge on any atom is 0.240 e. The smallest absolute Gasteiger partial charge is 0.240 e. The number of hydrazone groups is 2. The minimum Gasteiger partial charge on any atom is -0.273 e. The van der Waals surface area contributed by atoms with Crippen LogP contribution in [0.1, 0.15) is 63.5 Å². The summed E-state index contributed by atoms with van der Waals surface area (Å²) in [6.45, 7) is 3.87. The quantitative estimate of drug-likeness (QED) is 0.228. The second-order valence-corrected chi connectivity index (χ2v) is 8.10. The molecule has 0 saturated carbocycles. The van der Waals surface area contributed by atoms with E-state index in [0.29, 0.717) is 12.8 Å². The van der Waals surface area contributed by atoms with Crippen molar-refractivity contribution in [2.24, 2.45) is 10.2 Å². The van der Waals surface area contributed by atoms with Crippen molar-refractivity contribution in [2.45, 2.75) is 52.4 Å². The summed E-state index contributed by atoms with van der Waals surface area (Å²) in [5, 5.41) is 8.01. The highest BCUT2D eigenvalue weighted by Crippen LogP contribution is 2.07. The normalized spacial score (nSPS) is 12.3. The molecule has 6 nitrogen and oxygen atoms in total. The molecule has 0 atom stereocenters. The summed E-state index contributed by atoms with van der Waals surface area (Å²) in [5.74, 6) is -0.204. The fourth-order valence-electron chi connectivity index (χ4n) is 3.15. The van der Waals surface area contributed by atoms with E-state index in [2.05, 4.69) is 21.1 Å². The third kappa shape index (κ3) is 12.3. The Morgan fingerprint density at radius 1 is 0.647 bits per heavy atom. The summed E-state index contributed by atoms with van der Waals surface area (Å²) in [5.41, 5.74) is 9.21. The van der Waals surface area contributed by atoms with Gasteiger partial charge in [-0.05, 0) is 49.0 Å². The molecule has 2 N–H and O–H groups in total. The molecule has 178 valence electrons. The van der Waals surface area contributed by atoms with Gasteiger partial charge >= 0.3 is 0 Å². The summed E-state index contributed by atoms with van der Waals surface area (Å²) in [6.07, 6.45) is 11.4. The molecule has 2 aromatic carbocycles. The monoisotopic (exact) mass is 458 g/mol. The van der Waals surface area contributed by atoms with Crippen LogP contribution in [0.2, 0.25) is 0 Å². The van der Waals surface area contributed by atoms with Crippen LogP contribution in [0.4, 0.5) is 0 Å². The maximum absolute atomic E-state index is 11.9. The van der Waals surface area contributed by atoms with Crippen molar-refractivity contribution in [2.75, 3.05) is 0 Å². The standard InChI is InChI=1S/C28H34N4O2/c1-23(19-25-13-7-5-8-14-25)21-29-31-27(33)17-11-3-4-12-18-28(34)32-30-22-24(2)20-26-15-9-6-10-16-26/h5-10,13-16,19-22H,3-4,11-12,17-18H2,1-2H3,(H,31,33)(H,32,34). The highest BCUT2D eigenvalue weighted by Gasteiger charge is 2.02. The number of hydrogen-bond acceptors (Lipinski definition) is 4. The van der Waals surface area contributed by atoms with Gasteiger partial charge in [-0.3, -0.25) is 9.59 Å². The lowest BCUT2D eigenvalue weighted by molar-refractivity contribution is -0.122. The highest BCUT2D eigenvalue weighted by molar-refractivity contribution is 5.86. The van der Waals surface area contributed by atoms with E-state index in [4.69, 9.17) is 0 Å². The first-order chi connectivity index (χ1) is 16.5. The average Bonchev–Trinajstić information content (AvgIpc) is 2.82. The fraction of sp³-hybridized carbons (Fsp3) is 0.286. The summed E-state index contributed by atoms with van der Waals surface area (Å²) < 4.78 is 0. The van der Waals surface area contributed by atoms with Crippen molar-refractivity contribution in [3.63, 3.8) is 0 Å². The molecule has 0 fully saturated rings. The van der Waals surface area contributed by atoms with Crippen LogP contribution in [0, 0.1) is 0 Å². The molecule has 2 aromatic rings. The Kier molecular flexibility index (Phi) is 12.4. The van der Waals surface area contributed by atoms with Gasteiger partial charge in [-0.15, -0.1) is 0 Å². The van der Waals surface area contributed by atoms with Crippen LogP contribution in [0.3, 0.4) is 0 Å². The van der Waals surface area contributed by atoms with E-state index in [-0.39, 0.29) is 11.8 Å². The Morgan fingerprint density at radius 3 is 1.41 bits per heavy atom. The van der Waals surface area contributed by atoms with Gasteiger partial charge in [0.05, 0.1) is 12.4 Å². The molecule has 0 aromatic heterocycles. The van der Waals surface area contributed by atoms with Gasteiger partial charge in [0, 0.05) is 12.8 Å². The van der Waals surface area contributed by atoms with Crippen LogP contribution < -0.4 is 10.9 Å². The predicted molar refractivity (Wildman–Crippen MR) is 141 cm³/mol. The number of nitrogens with one attached hydrogen (secondary N) is 2. The van der Waals surface area contributed by atoms with Crippen molar-refractivity contribution >= 4 is 36.4 Å². The van der Waals surface area contributed by atoms with Crippen LogP contribution in [-0.2, 0) is 9.59 Å². The summed E-state index contributed by atoms with van der Waals surface area (Å²) >= 11 is 0. The number of carbonyl (C=O) groups is 2. The molecule has 0 aliphatic rings. The second kappa shape index (κ2) is 15.9. The number of hydrogen-bond donors (Lipinski definition) is 2. The van der Waals surface area contributed by atoms with Crippen LogP contribution in [0.15, 0.2) is 82.0 Å². The topological polar surface area (TPSA) is 82.9 Å². The van der Waals surface area contributed by atoms with E-state index in [0.717, 1.165) is 48.0 Å². The van der Waals surface area contributed by atoms with Crippen LogP contribution in [-0.4, -0.2) is 24.2 Å². The zero-order valence-corrected chi connectivity index (χ0v) is 20.0. The predicted octanol–water partition coefficient (Wildman–Crippen LogP) is 5.74. The Balaban J connectivity index is 1.52. The third-order valence-corrected chi connectivity index (χ3v) is 4.86. The van der Waals surface area contributed by atoms with Gasteiger partial charge in [-0.2, -0.15) is 10.2 Å². The van der Waals surface area contributed by atoms with Crippen LogP contribution >= 0.6 is 0 Å². The molecule has 0 radical (unpaired) electrons. The Morgan fingerprint density at radius 2 is 1.03 bits per heavy atom. The number of carbonyl (C=O) groups excluding carboxylic acids is 2. The van der Waals surface area contributed by atoms with Crippen LogP contribution in [0.25, 0.3) is 12.2 Å². The van der Waals surface area contributed by atoms with Gasteiger partial charge in [-0.25, -0.2) is 10.9 Å². The maximum atomic E-state index is 11.9. The Labute approximate surface area is 202 Å². The van der Waals surface area contributed by atoms with E-state index in [1.165, 1.54) is 0 Å². The van der Waals surface area contributed by atoms with Gasteiger partial charge in [0.25, 0.3) is 0 Å². The first kappa shape index (κ1) is 26.5. The number of benzene rings is 2. The van der Waals surface area contributed by atoms with E-state index >= 15 is 0 Å². The summed E-state index contributed by atoms with van der Waals surface area (Å²) in [7, 11) is 0. The third-order valence-electron chi connectivity index (χ3n) is 4.86. The largest absolute Gasteiger partial charge is 0.273 e. The van der Waals surface area contributed by atoms with Crippen molar-refractivity contribution in [1.29, 1.82) is 0 Å².